The summed E-state index contributed by atoms with van der Waals surface area (Å²) in [4.78, 5) is 10.9. The molecule has 0 aromatic heterocycles. The van der Waals surface area contributed by atoms with E-state index in [4.69, 9.17) is 5.11 Å². The van der Waals surface area contributed by atoms with Crippen LogP contribution < -0.4 is 5.32 Å². The van der Waals surface area contributed by atoms with Crippen LogP contribution in [0.3, 0.4) is 0 Å². The van der Waals surface area contributed by atoms with Crippen LogP contribution in [0.5, 0.6) is 0 Å². The number of hydrogen-bond donors (Lipinski definition) is 2. The molecule has 1 rings (SSSR count). The van der Waals surface area contributed by atoms with Gasteiger partial charge in [0.1, 0.15) is 0 Å². The molecule has 0 spiro atoms. The number of unbranched alkanes of at least 4 members (excludes halogenated alkanes) is 3. The first-order chi connectivity index (χ1) is 8.56. The molecule has 18 heavy (non-hydrogen) atoms. The van der Waals surface area contributed by atoms with Crippen molar-refractivity contribution in [2.45, 2.75) is 32.6 Å². The van der Waals surface area contributed by atoms with E-state index in [9.17, 15) is 4.79 Å². The molecular weight excluding hydrogens is 362 g/mol. The highest BCUT2D eigenvalue weighted by atomic mass is 79.9. The molecule has 1 aromatic carbocycles. The van der Waals surface area contributed by atoms with E-state index >= 15 is 0 Å². The van der Waals surface area contributed by atoms with Crippen molar-refractivity contribution in [3.63, 3.8) is 0 Å². The molecule has 5 heteroatoms. The van der Waals surface area contributed by atoms with Gasteiger partial charge in [0.25, 0.3) is 0 Å². The highest BCUT2D eigenvalue weighted by molar-refractivity contribution is 9.11. The summed E-state index contributed by atoms with van der Waals surface area (Å²) in [5.74, 6) is -0.933. The Morgan fingerprint density at radius 2 is 1.94 bits per heavy atom. The summed E-state index contributed by atoms with van der Waals surface area (Å²) < 4.78 is 1.37. The molecule has 1 aromatic rings. The predicted octanol–water partition coefficient (Wildman–Crippen LogP) is 4.90. The second-order valence-electron chi connectivity index (χ2n) is 4.10. The third kappa shape index (κ3) is 4.61. The van der Waals surface area contributed by atoms with Gasteiger partial charge in [0.05, 0.1) is 5.56 Å². The normalized spacial score (nSPS) is 10.4. The molecule has 100 valence electrons. The minimum atomic E-state index is -0.933. The number of rotatable bonds is 7. The fourth-order valence-electron chi connectivity index (χ4n) is 1.62. The Kier molecular flexibility index (Phi) is 6.71. The monoisotopic (exact) mass is 377 g/mol. The summed E-state index contributed by atoms with van der Waals surface area (Å²) in [6, 6.07) is 3.41. The number of carboxylic acids is 1. The molecular formula is C13H17Br2NO2. The lowest BCUT2D eigenvalue weighted by Gasteiger charge is -2.10. The van der Waals surface area contributed by atoms with Gasteiger partial charge in [-0.15, -0.1) is 0 Å². The van der Waals surface area contributed by atoms with Crippen LogP contribution in [0.15, 0.2) is 21.1 Å². The first-order valence-corrected chi connectivity index (χ1v) is 7.61. The molecule has 0 aliphatic heterocycles. The van der Waals surface area contributed by atoms with Crippen molar-refractivity contribution in [1.29, 1.82) is 0 Å². The van der Waals surface area contributed by atoms with E-state index in [0.29, 0.717) is 4.47 Å². The maximum absolute atomic E-state index is 10.9. The second-order valence-corrected chi connectivity index (χ2v) is 5.81. The van der Waals surface area contributed by atoms with Gasteiger partial charge in [-0.2, -0.15) is 0 Å². The topological polar surface area (TPSA) is 49.3 Å². The van der Waals surface area contributed by atoms with Crippen molar-refractivity contribution in [2.24, 2.45) is 0 Å². The van der Waals surface area contributed by atoms with Crippen LogP contribution in [-0.2, 0) is 0 Å². The van der Waals surface area contributed by atoms with Crippen molar-refractivity contribution in [1.82, 2.24) is 0 Å². The smallest absolute Gasteiger partial charge is 0.336 e. The van der Waals surface area contributed by atoms with E-state index in [1.165, 1.54) is 19.3 Å². The fraction of sp³-hybridized carbons (Fsp3) is 0.462. The Balaban J connectivity index is 2.62. The Morgan fingerprint density at radius 3 is 2.56 bits per heavy atom. The Hall–Kier alpha value is -0.550. The van der Waals surface area contributed by atoms with Gasteiger partial charge >= 0.3 is 5.97 Å². The molecule has 0 heterocycles. The van der Waals surface area contributed by atoms with Gasteiger partial charge in [0, 0.05) is 21.2 Å². The number of carbonyl (C=O) groups is 1. The van der Waals surface area contributed by atoms with Gasteiger partial charge in [0.15, 0.2) is 0 Å². The Bertz CT molecular complexity index is 422. The number of aromatic carboxylic acids is 1. The summed E-state index contributed by atoms with van der Waals surface area (Å²) in [5, 5.41) is 12.3. The summed E-state index contributed by atoms with van der Waals surface area (Å²) in [6.07, 6.45) is 4.82. The lowest BCUT2D eigenvalue weighted by Crippen LogP contribution is -2.04. The summed E-state index contributed by atoms with van der Waals surface area (Å²) in [6.45, 7) is 3.09. The molecule has 3 nitrogen and oxygen atoms in total. The fourth-order valence-corrected chi connectivity index (χ4v) is 2.62. The number of hydrogen-bond acceptors (Lipinski definition) is 2. The molecule has 0 radical (unpaired) electrons. The summed E-state index contributed by atoms with van der Waals surface area (Å²) in [5.41, 5.74) is 1.18. The van der Waals surface area contributed by atoms with Crippen molar-refractivity contribution in [2.75, 3.05) is 11.9 Å². The molecule has 0 saturated heterocycles. The Morgan fingerprint density at radius 1 is 1.22 bits per heavy atom. The van der Waals surface area contributed by atoms with Crippen LogP contribution in [0.2, 0.25) is 0 Å². The maximum Gasteiger partial charge on any atom is 0.336 e. The molecule has 0 amide bonds. The number of benzene rings is 1. The van der Waals surface area contributed by atoms with Crippen LogP contribution in [0.1, 0.15) is 43.0 Å². The largest absolute Gasteiger partial charge is 0.478 e. The molecule has 0 aliphatic carbocycles. The van der Waals surface area contributed by atoms with E-state index < -0.39 is 5.97 Å². The maximum atomic E-state index is 10.9. The van der Waals surface area contributed by atoms with Crippen LogP contribution in [0, 0.1) is 0 Å². The van der Waals surface area contributed by atoms with Gasteiger partial charge in [-0.1, -0.05) is 26.2 Å². The highest BCUT2D eigenvalue weighted by Crippen LogP contribution is 2.30. The van der Waals surface area contributed by atoms with Crippen molar-refractivity contribution in [3.05, 3.63) is 26.6 Å². The van der Waals surface area contributed by atoms with Gasteiger partial charge < -0.3 is 10.4 Å². The van der Waals surface area contributed by atoms with Crippen molar-refractivity contribution < 1.29 is 9.90 Å². The van der Waals surface area contributed by atoms with Crippen LogP contribution in [-0.4, -0.2) is 17.6 Å². The van der Waals surface area contributed by atoms with E-state index in [2.05, 4.69) is 44.1 Å². The standard InChI is InChI=1S/C13H17Br2NO2/c1-2-3-4-5-6-16-12-8-10(14)9(13(17)18)7-11(12)15/h7-8,16H,2-6H2,1H3,(H,17,18). The van der Waals surface area contributed by atoms with Crippen LogP contribution >= 0.6 is 31.9 Å². The summed E-state index contributed by atoms with van der Waals surface area (Å²) >= 11 is 6.66. The highest BCUT2D eigenvalue weighted by Gasteiger charge is 2.11. The molecule has 0 aliphatic rings. The number of nitrogens with one attached hydrogen (secondary N) is 1. The minimum absolute atomic E-state index is 0.262. The average Bonchev–Trinajstić information content (AvgIpc) is 2.32. The molecule has 2 N–H and O–H groups in total. The van der Waals surface area contributed by atoms with Crippen molar-refractivity contribution >= 4 is 43.5 Å². The molecule has 0 fully saturated rings. The van der Waals surface area contributed by atoms with Gasteiger partial charge in [-0.3, -0.25) is 0 Å². The van der Waals surface area contributed by atoms with Crippen molar-refractivity contribution in [3.8, 4) is 0 Å². The zero-order valence-electron chi connectivity index (χ0n) is 10.3. The third-order valence-corrected chi connectivity index (χ3v) is 3.95. The third-order valence-electron chi connectivity index (χ3n) is 2.63. The van der Waals surface area contributed by atoms with E-state index in [1.54, 1.807) is 12.1 Å². The number of halogens is 2. The first kappa shape index (κ1) is 15.5. The van der Waals surface area contributed by atoms with Crippen LogP contribution in [0.4, 0.5) is 5.69 Å². The molecule has 0 saturated carbocycles. The quantitative estimate of drug-likeness (QED) is 0.663. The van der Waals surface area contributed by atoms with E-state index in [0.717, 1.165) is 23.1 Å². The van der Waals surface area contributed by atoms with Gasteiger partial charge in [0.2, 0.25) is 0 Å². The van der Waals surface area contributed by atoms with Gasteiger partial charge in [-0.05, 0) is 50.4 Å². The predicted molar refractivity (Wildman–Crippen MR) is 81.4 cm³/mol. The second kappa shape index (κ2) is 7.79. The zero-order chi connectivity index (χ0) is 13.5. The lowest BCUT2D eigenvalue weighted by molar-refractivity contribution is 0.0696. The first-order valence-electron chi connectivity index (χ1n) is 6.02. The molecule has 0 bridgehead atoms. The molecule has 0 unspecified atom stereocenters. The van der Waals surface area contributed by atoms with E-state index in [-0.39, 0.29) is 5.56 Å². The number of carboxylic acid groups (broad SMARTS) is 1. The molecule has 0 atom stereocenters. The van der Waals surface area contributed by atoms with E-state index in [1.807, 2.05) is 0 Å². The SMILES string of the molecule is CCCCCCNc1cc(Br)c(C(=O)O)cc1Br. The minimum Gasteiger partial charge on any atom is -0.478 e. The average molecular weight is 379 g/mol. The van der Waals surface area contributed by atoms with Crippen LogP contribution in [0.25, 0.3) is 0 Å². The zero-order valence-corrected chi connectivity index (χ0v) is 13.5. The van der Waals surface area contributed by atoms with Gasteiger partial charge in [-0.25, -0.2) is 4.79 Å². The number of anilines is 1. The lowest BCUT2D eigenvalue weighted by atomic mass is 10.2. The Labute approximate surface area is 124 Å². The summed E-state index contributed by atoms with van der Waals surface area (Å²) in [7, 11) is 0.